The lowest BCUT2D eigenvalue weighted by Crippen LogP contribution is -2.46. The second kappa shape index (κ2) is 6.13. The largest absolute Gasteiger partial charge is 0.397 e. The number of halogens is 1. The van der Waals surface area contributed by atoms with Crippen molar-refractivity contribution in [1.29, 1.82) is 0 Å². The van der Waals surface area contributed by atoms with Crippen molar-refractivity contribution >= 4 is 40.7 Å². The van der Waals surface area contributed by atoms with Crippen molar-refractivity contribution in [2.24, 2.45) is 5.92 Å². The SMILES string of the molecule is CC1CC(=O)N(CC(=O)Nc2cc(Cl)ccc2N)C(=O)C1. The lowest BCUT2D eigenvalue weighted by molar-refractivity contribution is -0.151. The minimum absolute atomic E-state index is 0.0212. The van der Waals surface area contributed by atoms with Gasteiger partial charge in [0.15, 0.2) is 0 Å². The Morgan fingerprint density at radius 1 is 1.38 bits per heavy atom. The minimum atomic E-state index is -0.486. The topological polar surface area (TPSA) is 92.5 Å². The van der Waals surface area contributed by atoms with Crippen LogP contribution in [-0.2, 0) is 14.4 Å². The number of amides is 3. The fourth-order valence-corrected chi connectivity index (χ4v) is 2.35. The first-order valence-corrected chi connectivity index (χ1v) is 6.92. The number of carbonyl (C=O) groups excluding carboxylic acids is 3. The number of likely N-dealkylation sites (tertiary alicyclic amines) is 1. The monoisotopic (exact) mass is 309 g/mol. The number of carbonyl (C=O) groups is 3. The molecule has 21 heavy (non-hydrogen) atoms. The van der Waals surface area contributed by atoms with E-state index in [1.165, 1.54) is 6.07 Å². The highest BCUT2D eigenvalue weighted by atomic mass is 35.5. The molecule has 1 aromatic rings. The van der Waals surface area contributed by atoms with Crippen molar-refractivity contribution in [1.82, 2.24) is 4.90 Å². The molecule has 1 aliphatic rings. The average molecular weight is 310 g/mol. The number of hydrogen-bond donors (Lipinski definition) is 2. The van der Waals surface area contributed by atoms with E-state index in [0.717, 1.165) is 4.90 Å². The van der Waals surface area contributed by atoms with E-state index in [-0.39, 0.29) is 37.1 Å². The van der Waals surface area contributed by atoms with Crippen LogP contribution in [-0.4, -0.2) is 29.2 Å². The lowest BCUT2D eigenvalue weighted by Gasteiger charge is -2.27. The summed E-state index contributed by atoms with van der Waals surface area (Å²) in [7, 11) is 0. The Balaban J connectivity index is 2.03. The third-order valence-electron chi connectivity index (χ3n) is 3.24. The predicted molar refractivity (Wildman–Crippen MR) is 79.6 cm³/mol. The number of nitrogens with zero attached hydrogens (tertiary/aromatic N) is 1. The van der Waals surface area contributed by atoms with Crippen LogP contribution in [0.4, 0.5) is 11.4 Å². The zero-order valence-corrected chi connectivity index (χ0v) is 12.3. The maximum absolute atomic E-state index is 12.0. The van der Waals surface area contributed by atoms with Gasteiger partial charge in [-0.05, 0) is 24.1 Å². The summed E-state index contributed by atoms with van der Waals surface area (Å²) >= 11 is 5.83. The normalized spacial score (nSPS) is 16.2. The summed E-state index contributed by atoms with van der Waals surface area (Å²) in [5, 5.41) is 2.99. The summed E-state index contributed by atoms with van der Waals surface area (Å²) in [6, 6.07) is 4.68. The van der Waals surface area contributed by atoms with Crippen molar-refractivity contribution in [3.8, 4) is 0 Å². The molecular formula is C14H16ClN3O3. The number of imide groups is 1. The molecule has 7 heteroatoms. The second-order valence-corrected chi connectivity index (χ2v) is 5.60. The molecule has 2 rings (SSSR count). The molecule has 0 spiro atoms. The standard InChI is InChI=1S/C14H16ClN3O3/c1-8-4-13(20)18(14(21)5-8)7-12(19)17-11-6-9(15)2-3-10(11)16/h2-3,6,8H,4-5,7,16H2,1H3,(H,17,19). The Kier molecular flexibility index (Phi) is 4.47. The molecule has 3 amide bonds. The zero-order valence-electron chi connectivity index (χ0n) is 11.6. The predicted octanol–water partition coefficient (Wildman–Crippen LogP) is 1.65. The van der Waals surface area contributed by atoms with Crippen molar-refractivity contribution in [3.05, 3.63) is 23.2 Å². The van der Waals surface area contributed by atoms with E-state index in [0.29, 0.717) is 16.4 Å². The van der Waals surface area contributed by atoms with Crippen LogP contribution in [0, 0.1) is 5.92 Å². The molecule has 0 aliphatic carbocycles. The molecule has 6 nitrogen and oxygen atoms in total. The number of rotatable bonds is 3. The molecule has 0 aromatic heterocycles. The van der Waals surface area contributed by atoms with Gasteiger partial charge >= 0.3 is 0 Å². The van der Waals surface area contributed by atoms with E-state index in [4.69, 9.17) is 17.3 Å². The number of anilines is 2. The van der Waals surface area contributed by atoms with Crippen LogP contribution in [0.5, 0.6) is 0 Å². The molecule has 0 radical (unpaired) electrons. The highest BCUT2D eigenvalue weighted by Crippen LogP contribution is 2.23. The molecule has 0 bridgehead atoms. The van der Waals surface area contributed by atoms with E-state index < -0.39 is 5.91 Å². The molecule has 1 saturated heterocycles. The zero-order chi connectivity index (χ0) is 15.6. The van der Waals surface area contributed by atoms with Crippen LogP contribution in [0.3, 0.4) is 0 Å². The summed E-state index contributed by atoms with van der Waals surface area (Å²) in [6.45, 7) is 1.52. The fraction of sp³-hybridized carbons (Fsp3) is 0.357. The van der Waals surface area contributed by atoms with Gasteiger partial charge in [-0.25, -0.2) is 0 Å². The number of nitrogen functional groups attached to an aromatic ring is 1. The molecule has 112 valence electrons. The molecular weight excluding hydrogens is 294 g/mol. The third kappa shape index (κ3) is 3.72. The number of nitrogens with two attached hydrogens (primary N) is 1. The maximum atomic E-state index is 12.0. The van der Waals surface area contributed by atoms with E-state index in [1.54, 1.807) is 12.1 Å². The van der Waals surface area contributed by atoms with E-state index in [1.807, 2.05) is 6.92 Å². The summed E-state index contributed by atoms with van der Waals surface area (Å²) < 4.78 is 0. The number of hydrogen-bond acceptors (Lipinski definition) is 4. The Morgan fingerprint density at radius 2 is 2.00 bits per heavy atom. The summed E-state index contributed by atoms with van der Waals surface area (Å²) in [5.74, 6) is -1.12. The minimum Gasteiger partial charge on any atom is -0.397 e. The van der Waals surface area contributed by atoms with E-state index in [9.17, 15) is 14.4 Å². The van der Waals surface area contributed by atoms with Gasteiger partial charge in [0.25, 0.3) is 0 Å². The first-order chi connectivity index (χ1) is 9.86. The summed E-state index contributed by atoms with van der Waals surface area (Å²) in [6.07, 6.45) is 0.552. The quantitative estimate of drug-likeness (QED) is 0.656. The first kappa shape index (κ1) is 15.3. The van der Waals surface area contributed by atoms with E-state index in [2.05, 4.69) is 5.32 Å². The molecule has 1 aromatic carbocycles. The van der Waals surface area contributed by atoms with Crippen molar-refractivity contribution in [2.75, 3.05) is 17.6 Å². The molecule has 0 unspecified atom stereocenters. The average Bonchev–Trinajstić information content (AvgIpc) is 2.38. The smallest absolute Gasteiger partial charge is 0.244 e. The second-order valence-electron chi connectivity index (χ2n) is 5.17. The van der Waals surface area contributed by atoms with E-state index >= 15 is 0 Å². The molecule has 0 atom stereocenters. The van der Waals surface area contributed by atoms with Crippen molar-refractivity contribution < 1.29 is 14.4 Å². The van der Waals surface area contributed by atoms with Crippen LogP contribution < -0.4 is 11.1 Å². The van der Waals surface area contributed by atoms with Crippen molar-refractivity contribution in [2.45, 2.75) is 19.8 Å². The molecule has 0 saturated carbocycles. The van der Waals surface area contributed by atoms with Gasteiger partial charge in [-0.15, -0.1) is 0 Å². The Labute approximate surface area is 127 Å². The lowest BCUT2D eigenvalue weighted by atomic mass is 9.98. The highest BCUT2D eigenvalue weighted by molar-refractivity contribution is 6.31. The number of piperidine rings is 1. The van der Waals surface area contributed by atoms with Crippen LogP contribution in [0.1, 0.15) is 19.8 Å². The third-order valence-corrected chi connectivity index (χ3v) is 3.47. The molecule has 1 fully saturated rings. The first-order valence-electron chi connectivity index (χ1n) is 6.55. The summed E-state index contributed by atoms with van der Waals surface area (Å²) in [4.78, 5) is 36.5. The van der Waals surface area contributed by atoms with Crippen LogP contribution >= 0.6 is 11.6 Å². The Bertz CT molecular complexity index is 585. The molecule has 1 heterocycles. The molecule has 1 aliphatic heterocycles. The van der Waals surface area contributed by atoms with Gasteiger partial charge in [0.05, 0.1) is 11.4 Å². The fourth-order valence-electron chi connectivity index (χ4n) is 2.17. The number of benzene rings is 1. The van der Waals surface area contributed by atoms with Gasteiger partial charge in [-0.1, -0.05) is 18.5 Å². The van der Waals surface area contributed by atoms with Gasteiger partial charge in [-0.2, -0.15) is 0 Å². The van der Waals surface area contributed by atoms with Crippen LogP contribution in [0.2, 0.25) is 5.02 Å². The van der Waals surface area contributed by atoms with Crippen molar-refractivity contribution in [3.63, 3.8) is 0 Å². The van der Waals surface area contributed by atoms with Crippen LogP contribution in [0.25, 0.3) is 0 Å². The summed E-state index contributed by atoms with van der Waals surface area (Å²) in [5.41, 5.74) is 6.44. The van der Waals surface area contributed by atoms with Gasteiger partial charge < -0.3 is 11.1 Å². The van der Waals surface area contributed by atoms with Gasteiger partial charge in [0.1, 0.15) is 6.54 Å². The van der Waals surface area contributed by atoms with Gasteiger partial charge in [0, 0.05) is 17.9 Å². The van der Waals surface area contributed by atoms with Gasteiger partial charge in [-0.3, -0.25) is 19.3 Å². The van der Waals surface area contributed by atoms with Crippen LogP contribution in [0.15, 0.2) is 18.2 Å². The molecule has 3 N–H and O–H groups in total. The Hall–Kier alpha value is -2.08. The van der Waals surface area contributed by atoms with Gasteiger partial charge in [0.2, 0.25) is 17.7 Å². The number of nitrogens with one attached hydrogen (secondary N) is 1. The highest BCUT2D eigenvalue weighted by Gasteiger charge is 2.31. The maximum Gasteiger partial charge on any atom is 0.244 e. The Morgan fingerprint density at radius 3 is 2.62 bits per heavy atom.